The summed E-state index contributed by atoms with van der Waals surface area (Å²) in [7, 11) is 2.15. The fraction of sp³-hybridized carbons (Fsp3) is 0.0938. The molecule has 0 amide bonds. The van der Waals surface area contributed by atoms with Gasteiger partial charge in [0.25, 0.3) is 0 Å². The Hall–Kier alpha value is -3.97. The van der Waals surface area contributed by atoms with Crippen molar-refractivity contribution in [1.82, 2.24) is 0 Å². The van der Waals surface area contributed by atoms with Crippen LogP contribution in [0.5, 0.6) is 0 Å². The number of aryl methyl sites for hydroxylation is 3. The Morgan fingerprint density at radius 2 is 0.939 bits per heavy atom. The van der Waals surface area contributed by atoms with Gasteiger partial charge in [-0.1, -0.05) is 84.9 Å². The third kappa shape index (κ3) is 3.04. The zero-order valence-electron chi connectivity index (χ0n) is 19.3. The van der Waals surface area contributed by atoms with Gasteiger partial charge in [0.05, 0.1) is 5.56 Å². The maximum atomic E-state index is 2.31. The van der Waals surface area contributed by atoms with Crippen molar-refractivity contribution in [3.05, 3.63) is 114 Å². The van der Waals surface area contributed by atoms with Crippen LogP contribution in [-0.4, -0.2) is 0 Å². The molecule has 5 aromatic rings. The summed E-state index contributed by atoms with van der Waals surface area (Å²) in [6.07, 6.45) is 2.21. The van der Waals surface area contributed by atoms with Crippen LogP contribution in [0, 0.1) is 13.8 Å². The normalized spacial score (nSPS) is 11.5. The minimum absolute atomic E-state index is 1.23. The summed E-state index contributed by atoms with van der Waals surface area (Å²) in [4.78, 5) is 0. The molecule has 6 rings (SSSR count). The molecule has 0 aliphatic heterocycles. The van der Waals surface area contributed by atoms with Crippen LogP contribution < -0.4 is 4.57 Å². The summed E-state index contributed by atoms with van der Waals surface area (Å²) in [6.45, 7) is 4.38. The van der Waals surface area contributed by atoms with Gasteiger partial charge in [0.2, 0.25) is 5.69 Å². The average molecular weight is 425 g/mol. The molecule has 0 atom stereocenters. The second-order valence-corrected chi connectivity index (χ2v) is 9.02. The van der Waals surface area contributed by atoms with Gasteiger partial charge in [0.15, 0.2) is 6.20 Å². The van der Waals surface area contributed by atoms with Crippen molar-refractivity contribution < 1.29 is 4.57 Å². The fourth-order valence-electron chi connectivity index (χ4n) is 5.39. The lowest BCUT2D eigenvalue weighted by molar-refractivity contribution is -0.660. The maximum absolute atomic E-state index is 2.31. The number of hydrogen-bond acceptors (Lipinski definition) is 0. The zero-order chi connectivity index (χ0) is 22.5. The maximum Gasteiger partial charge on any atom is 0.213 e. The molecule has 0 saturated carbocycles. The number of rotatable bonds is 1. The molecule has 158 valence electrons. The van der Waals surface area contributed by atoms with Crippen molar-refractivity contribution in [3.8, 4) is 55.8 Å². The quantitative estimate of drug-likeness (QED) is 0.237. The number of aromatic nitrogens is 1. The van der Waals surface area contributed by atoms with Gasteiger partial charge in [0.1, 0.15) is 7.05 Å². The number of benzene rings is 4. The smallest absolute Gasteiger partial charge is 0.201 e. The molecule has 33 heavy (non-hydrogen) atoms. The molecule has 1 nitrogen and oxygen atoms in total. The summed E-state index contributed by atoms with van der Waals surface area (Å²) in [5, 5.41) is 0. The van der Waals surface area contributed by atoms with Crippen molar-refractivity contribution in [3.63, 3.8) is 0 Å². The van der Waals surface area contributed by atoms with E-state index in [9.17, 15) is 0 Å². The first-order chi connectivity index (χ1) is 16.1. The molecule has 1 heteroatoms. The summed E-state index contributed by atoms with van der Waals surface area (Å²) in [5.41, 5.74) is 15.4. The van der Waals surface area contributed by atoms with Crippen molar-refractivity contribution in [2.24, 2.45) is 7.05 Å². The van der Waals surface area contributed by atoms with Crippen LogP contribution in [0.25, 0.3) is 55.8 Å². The number of pyridine rings is 1. The van der Waals surface area contributed by atoms with Crippen LogP contribution in [0.4, 0.5) is 0 Å². The molecule has 1 aromatic heterocycles. The summed E-state index contributed by atoms with van der Waals surface area (Å²) >= 11 is 0. The van der Waals surface area contributed by atoms with Crippen molar-refractivity contribution >= 4 is 0 Å². The Labute approximate surface area is 195 Å². The first-order valence-electron chi connectivity index (χ1n) is 11.5. The predicted octanol–water partition coefficient (Wildman–Crippen LogP) is 7.78. The fourth-order valence-corrected chi connectivity index (χ4v) is 5.39. The van der Waals surface area contributed by atoms with Gasteiger partial charge >= 0.3 is 0 Å². The molecule has 0 unspecified atom stereocenters. The number of hydrogen-bond donors (Lipinski definition) is 0. The van der Waals surface area contributed by atoms with Crippen LogP contribution in [0.15, 0.2) is 103 Å². The van der Waals surface area contributed by atoms with Crippen molar-refractivity contribution in [2.45, 2.75) is 13.8 Å². The van der Waals surface area contributed by atoms with Crippen LogP contribution in [-0.2, 0) is 7.05 Å². The Kier molecular flexibility index (Phi) is 4.52. The number of fused-ring (bicyclic) bond motifs is 8. The van der Waals surface area contributed by atoms with Crippen LogP contribution in [0.3, 0.4) is 0 Å². The molecular formula is C32H26N+. The van der Waals surface area contributed by atoms with E-state index in [1.807, 2.05) is 0 Å². The van der Waals surface area contributed by atoms with Gasteiger partial charge < -0.3 is 0 Å². The molecule has 1 aliphatic rings. The highest BCUT2D eigenvalue weighted by Crippen LogP contribution is 2.50. The van der Waals surface area contributed by atoms with Crippen LogP contribution in [0.1, 0.15) is 11.1 Å². The molecule has 1 aliphatic carbocycles. The highest BCUT2D eigenvalue weighted by Gasteiger charge is 2.27. The van der Waals surface area contributed by atoms with Gasteiger partial charge in [-0.3, -0.25) is 0 Å². The van der Waals surface area contributed by atoms with E-state index in [-0.39, 0.29) is 0 Å². The lowest BCUT2D eigenvalue weighted by Crippen LogP contribution is -2.31. The third-order valence-electron chi connectivity index (χ3n) is 6.87. The van der Waals surface area contributed by atoms with E-state index < -0.39 is 0 Å². The zero-order valence-corrected chi connectivity index (χ0v) is 19.3. The molecule has 0 fully saturated rings. The van der Waals surface area contributed by atoms with E-state index in [0.717, 1.165) is 0 Å². The van der Waals surface area contributed by atoms with Gasteiger partial charge in [-0.2, -0.15) is 0 Å². The van der Waals surface area contributed by atoms with E-state index in [4.69, 9.17) is 0 Å². The molecular weight excluding hydrogens is 398 g/mol. The van der Waals surface area contributed by atoms with Crippen LogP contribution >= 0.6 is 0 Å². The molecule has 0 N–H and O–H groups in total. The number of nitrogens with zero attached hydrogens (tertiary/aromatic N) is 1. The average Bonchev–Trinajstić information content (AvgIpc) is 2.84. The first kappa shape index (κ1) is 19.7. The second-order valence-electron chi connectivity index (χ2n) is 9.02. The molecule has 0 radical (unpaired) electrons. The third-order valence-corrected chi connectivity index (χ3v) is 6.87. The van der Waals surface area contributed by atoms with Crippen molar-refractivity contribution in [2.75, 3.05) is 0 Å². The highest BCUT2D eigenvalue weighted by atomic mass is 14.9. The topological polar surface area (TPSA) is 3.88 Å². The summed E-state index contributed by atoms with van der Waals surface area (Å²) < 4.78 is 2.26. The summed E-state index contributed by atoms with van der Waals surface area (Å²) in [6, 6.07) is 35.6. The summed E-state index contributed by atoms with van der Waals surface area (Å²) in [5.74, 6) is 0. The second kappa shape index (κ2) is 7.56. The molecule has 0 saturated heterocycles. The Morgan fingerprint density at radius 1 is 0.455 bits per heavy atom. The van der Waals surface area contributed by atoms with Gasteiger partial charge in [-0.25, -0.2) is 4.57 Å². The van der Waals surface area contributed by atoms with E-state index in [1.165, 1.54) is 66.9 Å². The van der Waals surface area contributed by atoms with Gasteiger partial charge in [-0.05, 0) is 64.4 Å². The monoisotopic (exact) mass is 424 g/mol. The van der Waals surface area contributed by atoms with Crippen LogP contribution in [0.2, 0.25) is 0 Å². The highest BCUT2D eigenvalue weighted by molar-refractivity contribution is 6.06. The standard InChI is InChI=1S/C32H26N/c1-21-16-19-30(33(3)20-21)31-22(2)17-18-29-27-14-7-6-12-25(27)23-10-4-5-11-24(23)26-13-8-9-15-28(26)32(29)31/h4-20H,1-3H3/q+1. The first-order valence-corrected chi connectivity index (χ1v) is 11.5. The van der Waals surface area contributed by atoms with E-state index in [2.05, 4.69) is 129 Å². The van der Waals surface area contributed by atoms with Crippen molar-refractivity contribution in [1.29, 1.82) is 0 Å². The largest absolute Gasteiger partial charge is 0.213 e. The molecule has 1 heterocycles. The van der Waals surface area contributed by atoms with E-state index in [0.29, 0.717) is 0 Å². The molecule has 0 bridgehead atoms. The SMILES string of the molecule is Cc1ccc(-c2c(C)ccc3c2-c2ccccc2-c2ccccc2-c2ccccc2-3)[n+](C)c1. The van der Waals surface area contributed by atoms with E-state index in [1.54, 1.807) is 0 Å². The minimum atomic E-state index is 1.23. The molecule has 0 spiro atoms. The Balaban J connectivity index is 1.83. The molecule has 4 aromatic carbocycles. The van der Waals surface area contributed by atoms with E-state index >= 15 is 0 Å². The van der Waals surface area contributed by atoms with Gasteiger partial charge in [-0.15, -0.1) is 0 Å². The lowest BCUT2D eigenvalue weighted by atomic mass is 9.78. The Morgan fingerprint density at radius 3 is 1.48 bits per heavy atom. The van der Waals surface area contributed by atoms with Gasteiger partial charge in [0, 0.05) is 17.2 Å². The predicted molar refractivity (Wildman–Crippen MR) is 138 cm³/mol. The minimum Gasteiger partial charge on any atom is -0.201 e. The lowest BCUT2D eigenvalue weighted by Gasteiger charge is -2.25. The Bertz CT molecular complexity index is 1530.